The Bertz CT molecular complexity index is 242. The molecule has 0 saturated carbocycles. The molecule has 1 amide bonds. The van der Waals surface area contributed by atoms with Gasteiger partial charge in [0.15, 0.2) is 0 Å². The normalized spacial score (nSPS) is 13.8. The molecule has 4 heteroatoms. The standard InChI is InChI=1S/C13H25N3O/c1-3-4-12(7-8-14)5-6-13(17)16-10-11(2)9-15/h11-12H,3-8,10,14H2,1-2H3,(H,16,17). The Balaban J connectivity index is 3.76. The Morgan fingerprint density at radius 3 is 2.65 bits per heavy atom. The van der Waals surface area contributed by atoms with Gasteiger partial charge in [0.25, 0.3) is 0 Å². The van der Waals surface area contributed by atoms with Gasteiger partial charge in [-0.1, -0.05) is 19.8 Å². The van der Waals surface area contributed by atoms with Crippen molar-refractivity contribution in [1.29, 1.82) is 5.26 Å². The smallest absolute Gasteiger partial charge is 0.220 e. The van der Waals surface area contributed by atoms with Gasteiger partial charge < -0.3 is 11.1 Å². The molecule has 0 aromatic heterocycles. The maximum atomic E-state index is 11.5. The van der Waals surface area contributed by atoms with Crippen LogP contribution in [0.15, 0.2) is 0 Å². The molecule has 0 radical (unpaired) electrons. The molecular formula is C13H25N3O. The van der Waals surface area contributed by atoms with Crippen LogP contribution in [0.2, 0.25) is 0 Å². The van der Waals surface area contributed by atoms with Gasteiger partial charge in [-0.3, -0.25) is 4.79 Å². The van der Waals surface area contributed by atoms with Crippen molar-refractivity contribution in [3.05, 3.63) is 0 Å². The molecule has 3 N–H and O–H groups in total. The monoisotopic (exact) mass is 239 g/mol. The van der Waals surface area contributed by atoms with Crippen LogP contribution in [0.1, 0.15) is 46.0 Å². The van der Waals surface area contributed by atoms with Gasteiger partial charge in [-0.25, -0.2) is 0 Å². The van der Waals surface area contributed by atoms with Crippen LogP contribution in [0.4, 0.5) is 0 Å². The minimum absolute atomic E-state index is 0.0465. The molecule has 0 heterocycles. The molecule has 2 atom stereocenters. The molecular weight excluding hydrogens is 214 g/mol. The largest absolute Gasteiger partial charge is 0.355 e. The first-order chi connectivity index (χ1) is 8.13. The fourth-order valence-electron chi connectivity index (χ4n) is 1.81. The highest BCUT2D eigenvalue weighted by Gasteiger charge is 2.10. The van der Waals surface area contributed by atoms with Gasteiger partial charge >= 0.3 is 0 Å². The minimum atomic E-state index is -0.116. The van der Waals surface area contributed by atoms with E-state index in [9.17, 15) is 4.79 Å². The summed E-state index contributed by atoms with van der Waals surface area (Å²) in [5, 5.41) is 11.4. The fourth-order valence-corrected chi connectivity index (χ4v) is 1.81. The van der Waals surface area contributed by atoms with Gasteiger partial charge in [0.2, 0.25) is 5.91 Å². The second-order valence-electron chi connectivity index (χ2n) is 4.60. The number of nitrogens with zero attached hydrogens (tertiary/aromatic N) is 1. The van der Waals surface area contributed by atoms with Crippen molar-refractivity contribution < 1.29 is 4.79 Å². The first-order valence-corrected chi connectivity index (χ1v) is 6.50. The number of carbonyl (C=O) groups excluding carboxylic acids is 1. The number of carbonyl (C=O) groups is 1. The highest BCUT2D eigenvalue weighted by atomic mass is 16.1. The topological polar surface area (TPSA) is 78.9 Å². The Kier molecular flexibility index (Phi) is 9.46. The molecule has 98 valence electrons. The Morgan fingerprint density at radius 2 is 2.12 bits per heavy atom. The van der Waals surface area contributed by atoms with Crippen molar-refractivity contribution in [2.24, 2.45) is 17.6 Å². The van der Waals surface area contributed by atoms with Crippen LogP contribution in [0.3, 0.4) is 0 Å². The molecule has 0 fully saturated rings. The SMILES string of the molecule is CCCC(CCN)CCC(=O)NCC(C)C#N. The predicted octanol–water partition coefficient (Wildman–Crippen LogP) is 1.81. The number of hydrogen-bond donors (Lipinski definition) is 2. The van der Waals surface area contributed by atoms with E-state index in [0.717, 1.165) is 25.7 Å². The summed E-state index contributed by atoms with van der Waals surface area (Å²) in [5.41, 5.74) is 5.55. The second kappa shape index (κ2) is 10.1. The molecule has 17 heavy (non-hydrogen) atoms. The number of nitrogens with two attached hydrogens (primary N) is 1. The summed E-state index contributed by atoms with van der Waals surface area (Å²) in [6.45, 7) is 5.09. The van der Waals surface area contributed by atoms with E-state index in [1.807, 2.05) is 0 Å². The molecule has 0 rings (SSSR count). The summed E-state index contributed by atoms with van der Waals surface area (Å²) in [5.74, 6) is 0.490. The fraction of sp³-hybridized carbons (Fsp3) is 0.846. The third kappa shape index (κ3) is 8.70. The van der Waals surface area contributed by atoms with Crippen molar-refractivity contribution in [3.63, 3.8) is 0 Å². The summed E-state index contributed by atoms with van der Waals surface area (Å²) >= 11 is 0. The molecule has 0 aliphatic rings. The van der Waals surface area contributed by atoms with Gasteiger partial charge in [-0.15, -0.1) is 0 Å². The zero-order valence-electron chi connectivity index (χ0n) is 11.0. The lowest BCUT2D eigenvalue weighted by Gasteiger charge is -2.14. The third-order valence-corrected chi connectivity index (χ3v) is 2.88. The number of nitriles is 1. The van der Waals surface area contributed by atoms with E-state index < -0.39 is 0 Å². The zero-order chi connectivity index (χ0) is 13.1. The van der Waals surface area contributed by atoms with Crippen molar-refractivity contribution >= 4 is 5.91 Å². The van der Waals surface area contributed by atoms with E-state index in [4.69, 9.17) is 11.0 Å². The summed E-state index contributed by atoms with van der Waals surface area (Å²) in [6, 6.07) is 2.09. The van der Waals surface area contributed by atoms with Gasteiger partial charge in [0.1, 0.15) is 0 Å². The quantitative estimate of drug-likeness (QED) is 0.644. The van der Waals surface area contributed by atoms with Crippen LogP contribution in [-0.2, 0) is 4.79 Å². The Labute approximate surface area is 105 Å². The first-order valence-electron chi connectivity index (χ1n) is 6.50. The average molecular weight is 239 g/mol. The minimum Gasteiger partial charge on any atom is -0.355 e. The van der Waals surface area contributed by atoms with Gasteiger partial charge in [0, 0.05) is 13.0 Å². The van der Waals surface area contributed by atoms with E-state index in [1.54, 1.807) is 6.92 Å². The molecule has 0 aromatic rings. The van der Waals surface area contributed by atoms with Crippen molar-refractivity contribution in [1.82, 2.24) is 5.32 Å². The van der Waals surface area contributed by atoms with Crippen LogP contribution in [0.25, 0.3) is 0 Å². The Hall–Kier alpha value is -1.08. The zero-order valence-corrected chi connectivity index (χ0v) is 11.0. The number of amides is 1. The number of nitrogens with one attached hydrogen (secondary N) is 1. The van der Waals surface area contributed by atoms with E-state index in [2.05, 4.69) is 18.3 Å². The van der Waals surface area contributed by atoms with Crippen molar-refractivity contribution in [2.45, 2.75) is 46.0 Å². The molecule has 0 aliphatic heterocycles. The summed E-state index contributed by atoms with van der Waals surface area (Å²) in [6.07, 6.45) is 4.72. The number of rotatable bonds is 9. The molecule has 2 unspecified atom stereocenters. The van der Waals surface area contributed by atoms with Gasteiger partial charge in [0.05, 0.1) is 12.0 Å². The lowest BCUT2D eigenvalue weighted by molar-refractivity contribution is -0.121. The predicted molar refractivity (Wildman–Crippen MR) is 69.1 cm³/mol. The molecule has 0 saturated heterocycles. The molecule has 0 spiro atoms. The average Bonchev–Trinajstić information content (AvgIpc) is 2.33. The molecule has 0 aliphatic carbocycles. The summed E-state index contributed by atoms with van der Waals surface area (Å²) < 4.78 is 0. The van der Waals surface area contributed by atoms with Crippen molar-refractivity contribution in [3.8, 4) is 6.07 Å². The van der Waals surface area contributed by atoms with E-state index in [-0.39, 0.29) is 11.8 Å². The van der Waals surface area contributed by atoms with Gasteiger partial charge in [-0.2, -0.15) is 5.26 Å². The van der Waals surface area contributed by atoms with E-state index in [0.29, 0.717) is 25.4 Å². The van der Waals surface area contributed by atoms with E-state index in [1.165, 1.54) is 0 Å². The van der Waals surface area contributed by atoms with Crippen LogP contribution >= 0.6 is 0 Å². The second-order valence-corrected chi connectivity index (χ2v) is 4.60. The number of hydrogen-bond acceptors (Lipinski definition) is 3. The van der Waals surface area contributed by atoms with Crippen LogP contribution < -0.4 is 11.1 Å². The Morgan fingerprint density at radius 1 is 1.41 bits per heavy atom. The molecule has 0 bridgehead atoms. The highest BCUT2D eigenvalue weighted by molar-refractivity contribution is 5.75. The summed E-state index contributed by atoms with van der Waals surface area (Å²) in [4.78, 5) is 11.5. The molecule has 4 nitrogen and oxygen atoms in total. The van der Waals surface area contributed by atoms with Crippen LogP contribution in [0.5, 0.6) is 0 Å². The van der Waals surface area contributed by atoms with Crippen LogP contribution in [-0.4, -0.2) is 19.0 Å². The lowest BCUT2D eigenvalue weighted by Crippen LogP contribution is -2.28. The maximum absolute atomic E-state index is 11.5. The first kappa shape index (κ1) is 15.9. The maximum Gasteiger partial charge on any atom is 0.220 e. The van der Waals surface area contributed by atoms with Crippen LogP contribution in [0, 0.1) is 23.2 Å². The van der Waals surface area contributed by atoms with E-state index >= 15 is 0 Å². The lowest BCUT2D eigenvalue weighted by atomic mass is 9.94. The third-order valence-electron chi connectivity index (χ3n) is 2.88. The molecule has 0 aromatic carbocycles. The van der Waals surface area contributed by atoms with Crippen molar-refractivity contribution in [2.75, 3.05) is 13.1 Å². The van der Waals surface area contributed by atoms with Gasteiger partial charge in [-0.05, 0) is 32.2 Å². The summed E-state index contributed by atoms with van der Waals surface area (Å²) in [7, 11) is 0. The highest BCUT2D eigenvalue weighted by Crippen LogP contribution is 2.16.